The Morgan fingerprint density at radius 2 is 2.16 bits per heavy atom. The predicted octanol–water partition coefficient (Wildman–Crippen LogP) is 2.32. The van der Waals surface area contributed by atoms with Gasteiger partial charge < -0.3 is 14.9 Å². The van der Waals surface area contributed by atoms with Crippen LogP contribution in [0.1, 0.15) is 10.6 Å². The van der Waals surface area contributed by atoms with Gasteiger partial charge in [-0.1, -0.05) is 11.6 Å². The lowest BCUT2D eigenvalue weighted by atomic mass is 10.1. The molecule has 0 radical (unpaired) electrons. The number of piperazine rings is 1. The molecule has 31 heavy (non-hydrogen) atoms. The van der Waals surface area contributed by atoms with Gasteiger partial charge in [-0.2, -0.15) is 4.31 Å². The van der Waals surface area contributed by atoms with E-state index in [1.807, 2.05) is 17.0 Å². The van der Waals surface area contributed by atoms with Crippen molar-refractivity contribution in [3.63, 3.8) is 0 Å². The van der Waals surface area contributed by atoms with E-state index in [0.29, 0.717) is 15.8 Å². The number of sulfonamides is 1. The summed E-state index contributed by atoms with van der Waals surface area (Å²) in [5.41, 5.74) is 1.82. The zero-order chi connectivity index (χ0) is 22.0. The maximum Gasteiger partial charge on any atom is 0.236 e. The number of carbonyl (C=O) groups excluding carboxylic acids is 1. The van der Waals surface area contributed by atoms with Crippen molar-refractivity contribution < 1.29 is 18.3 Å². The number of nitrogens with zero attached hydrogens (tertiary/aromatic N) is 3. The van der Waals surface area contributed by atoms with Crippen LogP contribution in [0, 0.1) is 0 Å². The largest absolute Gasteiger partial charge is 0.395 e. The minimum absolute atomic E-state index is 0.0334. The van der Waals surface area contributed by atoms with E-state index in [0.717, 1.165) is 28.3 Å². The van der Waals surface area contributed by atoms with Gasteiger partial charge in [0, 0.05) is 58.9 Å². The molecule has 3 aromatic heterocycles. The van der Waals surface area contributed by atoms with Gasteiger partial charge in [0.1, 0.15) is 6.29 Å². The van der Waals surface area contributed by atoms with Gasteiger partial charge >= 0.3 is 0 Å². The van der Waals surface area contributed by atoms with E-state index in [9.17, 15) is 18.3 Å². The van der Waals surface area contributed by atoms with Crippen LogP contribution in [-0.4, -0.2) is 70.8 Å². The summed E-state index contributed by atoms with van der Waals surface area (Å²) < 4.78 is 27.6. The topological polar surface area (TPSA) is 107 Å². The van der Waals surface area contributed by atoms with E-state index < -0.39 is 22.1 Å². The molecule has 4 heterocycles. The first-order chi connectivity index (χ1) is 14.9. The van der Waals surface area contributed by atoms with Crippen LogP contribution in [0.15, 0.2) is 42.1 Å². The molecule has 1 fully saturated rings. The van der Waals surface area contributed by atoms with Crippen molar-refractivity contribution in [1.29, 1.82) is 0 Å². The molecule has 2 unspecified atom stereocenters. The Bertz CT molecular complexity index is 1170. The van der Waals surface area contributed by atoms with Crippen molar-refractivity contribution in [1.82, 2.24) is 19.2 Å². The smallest absolute Gasteiger partial charge is 0.236 e. The lowest BCUT2D eigenvalue weighted by Gasteiger charge is -2.42. The minimum atomic E-state index is -3.84. The Kier molecular flexibility index (Phi) is 6.56. The first-order valence-electron chi connectivity index (χ1n) is 9.56. The maximum absolute atomic E-state index is 12.9. The summed E-state index contributed by atoms with van der Waals surface area (Å²) in [6.07, 6.45) is 5.67. The van der Waals surface area contributed by atoms with Gasteiger partial charge in [0.05, 0.1) is 23.0 Å². The van der Waals surface area contributed by atoms with Crippen LogP contribution in [0.3, 0.4) is 0 Å². The highest BCUT2D eigenvalue weighted by atomic mass is 35.5. The summed E-state index contributed by atoms with van der Waals surface area (Å²) >= 11 is 7.16. The molecule has 0 aromatic carbocycles. The van der Waals surface area contributed by atoms with Gasteiger partial charge in [0.25, 0.3) is 0 Å². The van der Waals surface area contributed by atoms with Gasteiger partial charge in [-0.3, -0.25) is 9.88 Å². The second kappa shape index (κ2) is 9.19. The number of aliphatic hydroxyl groups excluding tert-OH is 1. The number of pyridine rings is 1. The average Bonchev–Trinajstić information content (AvgIpc) is 3.37. The number of aliphatic hydroxyl groups is 1. The number of hydrogen-bond acceptors (Lipinski definition) is 7. The summed E-state index contributed by atoms with van der Waals surface area (Å²) in [4.78, 5) is 21.8. The monoisotopic (exact) mass is 480 g/mol. The van der Waals surface area contributed by atoms with E-state index in [1.54, 1.807) is 24.5 Å². The molecule has 11 heteroatoms. The first-order valence-corrected chi connectivity index (χ1v) is 12.3. The van der Waals surface area contributed by atoms with Crippen molar-refractivity contribution in [2.45, 2.75) is 18.6 Å². The zero-order valence-corrected chi connectivity index (χ0v) is 18.8. The molecule has 0 amide bonds. The van der Waals surface area contributed by atoms with Crippen LogP contribution in [0.4, 0.5) is 0 Å². The van der Waals surface area contributed by atoms with Crippen LogP contribution in [0.25, 0.3) is 17.0 Å². The number of hydrogen-bond donors (Lipinski definition) is 2. The number of aromatic nitrogens is 2. The standard InChI is InChI=1S/C20H21ClN4O4S2/c21-20-2-1-18(30-20)4-6-31(28,29)25-11-16(12-26)24(10-17(25)13-27)9-15-7-14-8-22-5-3-19(14)23-15/h1-8,12,16-17,23,27H,9-11,13H2. The van der Waals surface area contributed by atoms with E-state index in [1.165, 1.54) is 21.7 Å². The molecule has 8 nitrogen and oxygen atoms in total. The number of aldehydes is 1. The third kappa shape index (κ3) is 4.89. The Balaban J connectivity index is 1.53. The Hall–Kier alpha value is -2.08. The van der Waals surface area contributed by atoms with Gasteiger partial charge in [0.15, 0.2) is 0 Å². The number of aromatic amines is 1. The molecule has 1 aliphatic heterocycles. The molecule has 2 atom stereocenters. The van der Waals surface area contributed by atoms with Gasteiger partial charge in [-0.05, 0) is 30.3 Å². The van der Waals surface area contributed by atoms with Crippen molar-refractivity contribution in [3.8, 4) is 0 Å². The summed E-state index contributed by atoms with van der Waals surface area (Å²) in [6, 6.07) is 5.94. The Morgan fingerprint density at radius 1 is 1.32 bits per heavy atom. The van der Waals surface area contributed by atoms with Crippen LogP contribution in [0.2, 0.25) is 4.34 Å². The fourth-order valence-corrected chi connectivity index (χ4v) is 6.14. The van der Waals surface area contributed by atoms with E-state index in [4.69, 9.17) is 11.6 Å². The quantitative estimate of drug-likeness (QED) is 0.503. The predicted molar refractivity (Wildman–Crippen MR) is 121 cm³/mol. The summed E-state index contributed by atoms with van der Waals surface area (Å²) in [5, 5.41) is 11.9. The molecule has 0 spiro atoms. The van der Waals surface area contributed by atoms with E-state index in [2.05, 4.69) is 9.97 Å². The fourth-order valence-electron chi connectivity index (χ4n) is 3.70. The lowest BCUT2D eigenvalue weighted by Crippen LogP contribution is -2.60. The van der Waals surface area contributed by atoms with Crippen LogP contribution in [-0.2, 0) is 21.4 Å². The molecular formula is C20H21ClN4O4S2. The molecule has 0 aliphatic carbocycles. The fraction of sp³-hybridized carbons (Fsp3) is 0.300. The molecule has 0 bridgehead atoms. The number of thiophene rings is 1. The Morgan fingerprint density at radius 3 is 2.84 bits per heavy atom. The highest BCUT2D eigenvalue weighted by molar-refractivity contribution is 7.92. The second-order valence-electron chi connectivity index (χ2n) is 7.29. The van der Waals surface area contributed by atoms with Gasteiger partial charge in [0.2, 0.25) is 10.0 Å². The maximum atomic E-state index is 12.9. The molecule has 1 saturated heterocycles. The van der Waals surface area contributed by atoms with Crippen LogP contribution in [0.5, 0.6) is 0 Å². The second-order valence-corrected chi connectivity index (χ2v) is 10.8. The van der Waals surface area contributed by atoms with Crippen molar-refractivity contribution in [3.05, 3.63) is 57.0 Å². The molecule has 2 N–H and O–H groups in total. The molecule has 4 rings (SSSR count). The van der Waals surface area contributed by atoms with Crippen molar-refractivity contribution >= 4 is 56.2 Å². The summed E-state index contributed by atoms with van der Waals surface area (Å²) in [7, 11) is -3.84. The number of carbonyl (C=O) groups is 1. The number of rotatable bonds is 7. The SMILES string of the molecule is O=CC1CN(S(=O)(=O)C=Cc2ccc(Cl)s2)C(CO)CN1Cc1cc2cnccc2[nH]1. The number of H-pyrrole nitrogens is 1. The van der Waals surface area contributed by atoms with Crippen molar-refractivity contribution in [2.75, 3.05) is 19.7 Å². The summed E-state index contributed by atoms with van der Waals surface area (Å²) in [5.74, 6) is 0. The Labute approximate surface area is 188 Å². The van der Waals surface area contributed by atoms with Crippen LogP contribution < -0.4 is 0 Å². The highest BCUT2D eigenvalue weighted by Gasteiger charge is 2.38. The van der Waals surface area contributed by atoms with Crippen molar-refractivity contribution in [2.24, 2.45) is 0 Å². The molecule has 3 aromatic rings. The van der Waals surface area contributed by atoms with Gasteiger partial charge in [-0.25, -0.2) is 8.42 Å². The average molecular weight is 481 g/mol. The molecule has 0 saturated carbocycles. The van der Waals surface area contributed by atoms with E-state index >= 15 is 0 Å². The third-order valence-electron chi connectivity index (χ3n) is 5.23. The van der Waals surface area contributed by atoms with E-state index in [-0.39, 0.29) is 19.7 Å². The molecular weight excluding hydrogens is 460 g/mol. The third-order valence-corrected chi connectivity index (χ3v) is 8.01. The lowest BCUT2D eigenvalue weighted by molar-refractivity contribution is -0.115. The number of fused-ring (bicyclic) bond motifs is 1. The number of nitrogens with one attached hydrogen (secondary N) is 1. The van der Waals surface area contributed by atoms with Gasteiger partial charge in [-0.15, -0.1) is 11.3 Å². The molecule has 1 aliphatic rings. The highest BCUT2D eigenvalue weighted by Crippen LogP contribution is 2.25. The number of halogens is 1. The normalized spacial score (nSPS) is 21.2. The van der Waals surface area contributed by atoms with Crippen LogP contribution >= 0.6 is 22.9 Å². The summed E-state index contributed by atoms with van der Waals surface area (Å²) in [6.45, 7) is 0.266. The molecule has 164 valence electrons. The first kappa shape index (κ1) is 22.1. The zero-order valence-electron chi connectivity index (χ0n) is 16.4. The minimum Gasteiger partial charge on any atom is -0.395 e.